The molecule has 0 saturated heterocycles. The number of rotatable bonds is 5. The number of anilines is 1. The van der Waals surface area contributed by atoms with Gasteiger partial charge in [-0.15, -0.1) is 0 Å². The number of nitrogens with two attached hydrogens (primary N) is 1. The van der Waals surface area contributed by atoms with Gasteiger partial charge in [0.25, 0.3) is 5.91 Å². The number of imide groups is 1. The quantitative estimate of drug-likeness (QED) is 0.588. The van der Waals surface area contributed by atoms with E-state index in [1.165, 1.54) is 25.1 Å². The molecule has 21 heavy (non-hydrogen) atoms. The average Bonchev–Trinajstić information content (AvgIpc) is 2.40. The zero-order chi connectivity index (χ0) is 16.0. The molecule has 0 spiro atoms. The topological polar surface area (TPSA) is 131 Å². The second-order valence-electron chi connectivity index (χ2n) is 4.16. The molecule has 1 rings (SSSR count). The Labute approximate surface area is 121 Å². The minimum absolute atomic E-state index is 0.0919. The first-order valence-corrected chi connectivity index (χ1v) is 6.23. The molecule has 3 amide bonds. The van der Waals surface area contributed by atoms with Gasteiger partial charge in [0, 0.05) is 12.2 Å². The molecule has 0 aromatic heterocycles. The summed E-state index contributed by atoms with van der Waals surface area (Å²) < 4.78 is 5.29. The van der Waals surface area contributed by atoms with Gasteiger partial charge in [-0.2, -0.15) is 0 Å². The highest BCUT2D eigenvalue weighted by Gasteiger charge is 2.18. The highest BCUT2D eigenvalue weighted by Crippen LogP contribution is 2.20. The molecule has 5 N–H and O–H groups in total. The Bertz CT molecular complexity index is 559. The van der Waals surface area contributed by atoms with Crippen LogP contribution in [0.25, 0.3) is 0 Å². The van der Waals surface area contributed by atoms with E-state index in [0.29, 0.717) is 6.54 Å². The lowest BCUT2D eigenvalue weighted by molar-refractivity contribution is -0.126. The molecule has 1 atom stereocenters. The molecule has 1 aromatic rings. The average molecular weight is 295 g/mol. The first-order valence-electron chi connectivity index (χ1n) is 6.23. The van der Waals surface area contributed by atoms with Crippen LogP contribution in [-0.4, -0.2) is 35.7 Å². The maximum atomic E-state index is 11.7. The molecule has 0 heterocycles. The third-order valence-corrected chi connectivity index (χ3v) is 2.51. The van der Waals surface area contributed by atoms with Gasteiger partial charge in [-0.3, -0.25) is 10.1 Å². The van der Waals surface area contributed by atoms with Crippen LogP contribution in [-0.2, 0) is 4.79 Å². The fourth-order valence-electron chi connectivity index (χ4n) is 1.47. The number of carboxylic acids is 1. The van der Waals surface area contributed by atoms with Crippen LogP contribution >= 0.6 is 0 Å². The number of carbonyl (C=O) groups excluding carboxylic acids is 2. The van der Waals surface area contributed by atoms with Gasteiger partial charge in [0.15, 0.2) is 6.10 Å². The Morgan fingerprint density at radius 2 is 2.05 bits per heavy atom. The normalized spacial score (nSPS) is 11.3. The van der Waals surface area contributed by atoms with Gasteiger partial charge in [0.1, 0.15) is 5.75 Å². The van der Waals surface area contributed by atoms with Crippen LogP contribution in [0.1, 0.15) is 24.2 Å². The molecule has 0 bridgehead atoms. The zero-order valence-corrected chi connectivity index (χ0v) is 11.7. The number of benzene rings is 1. The highest BCUT2D eigenvalue weighted by atomic mass is 16.5. The summed E-state index contributed by atoms with van der Waals surface area (Å²) in [6, 6.07) is 3.40. The van der Waals surface area contributed by atoms with Crippen molar-refractivity contribution in [2.45, 2.75) is 20.0 Å². The maximum absolute atomic E-state index is 11.7. The number of nitrogen functional groups attached to an aromatic ring is 1. The Hall–Kier alpha value is -2.77. The van der Waals surface area contributed by atoms with E-state index in [2.05, 4.69) is 10.6 Å². The smallest absolute Gasteiger partial charge is 0.337 e. The van der Waals surface area contributed by atoms with E-state index in [9.17, 15) is 14.4 Å². The summed E-state index contributed by atoms with van der Waals surface area (Å²) >= 11 is 0. The second-order valence-corrected chi connectivity index (χ2v) is 4.16. The molecule has 8 heteroatoms. The first kappa shape index (κ1) is 16.3. The lowest BCUT2D eigenvalue weighted by Gasteiger charge is -2.15. The summed E-state index contributed by atoms with van der Waals surface area (Å²) in [5.74, 6) is -1.67. The minimum atomic E-state index is -1.20. The van der Waals surface area contributed by atoms with Crippen molar-refractivity contribution in [3.63, 3.8) is 0 Å². The fraction of sp³-hybridized carbons (Fsp3) is 0.308. The van der Waals surface area contributed by atoms with E-state index in [0.717, 1.165) is 0 Å². The van der Waals surface area contributed by atoms with Crippen LogP contribution in [0.5, 0.6) is 5.75 Å². The summed E-state index contributed by atoms with van der Waals surface area (Å²) in [5.41, 5.74) is 5.48. The van der Waals surface area contributed by atoms with Gasteiger partial charge >= 0.3 is 12.0 Å². The third kappa shape index (κ3) is 4.68. The molecular weight excluding hydrogens is 278 g/mol. The Morgan fingerprint density at radius 3 is 2.62 bits per heavy atom. The third-order valence-electron chi connectivity index (χ3n) is 2.51. The van der Waals surface area contributed by atoms with E-state index in [4.69, 9.17) is 15.6 Å². The fourth-order valence-corrected chi connectivity index (χ4v) is 1.47. The standard InChI is InChI=1S/C13H17N3O5/c1-3-15-13(20)16-11(17)7(2)21-8-4-5-10(14)9(6-8)12(18)19/h4-7H,3,14H2,1-2H3,(H,18,19)(H2,15,16,17,20). The van der Waals surface area contributed by atoms with Crippen molar-refractivity contribution >= 4 is 23.6 Å². The van der Waals surface area contributed by atoms with Gasteiger partial charge < -0.3 is 20.9 Å². The Kier molecular flexibility index (Phi) is 5.53. The minimum Gasteiger partial charge on any atom is -0.481 e. The predicted molar refractivity (Wildman–Crippen MR) is 75.1 cm³/mol. The lowest BCUT2D eigenvalue weighted by Crippen LogP contribution is -2.45. The molecule has 0 aliphatic heterocycles. The summed E-state index contributed by atoms with van der Waals surface area (Å²) in [7, 11) is 0. The molecular formula is C13H17N3O5. The van der Waals surface area contributed by atoms with Crippen LogP contribution in [0.3, 0.4) is 0 Å². The van der Waals surface area contributed by atoms with E-state index < -0.39 is 24.0 Å². The number of carbonyl (C=O) groups is 3. The SMILES string of the molecule is CCNC(=O)NC(=O)C(C)Oc1ccc(N)c(C(=O)O)c1. The number of nitrogens with one attached hydrogen (secondary N) is 2. The predicted octanol–water partition coefficient (Wildman–Crippen LogP) is 0.580. The first-order chi connectivity index (χ1) is 9.85. The van der Waals surface area contributed by atoms with E-state index in [1.54, 1.807) is 6.92 Å². The van der Waals surface area contributed by atoms with Crippen LogP contribution in [0.4, 0.5) is 10.5 Å². The molecule has 0 saturated carbocycles. The van der Waals surface area contributed by atoms with Crippen molar-refractivity contribution in [1.82, 2.24) is 10.6 Å². The van der Waals surface area contributed by atoms with Gasteiger partial charge in [-0.1, -0.05) is 0 Å². The van der Waals surface area contributed by atoms with Crippen LogP contribution in [0, 0.1) is 0 Å². The summed E-state index contributed by atoms with van der Waals surface area (Å²) in [4.78, 5) is 33.8. The molecule has 1 aromatic carbocycles. The van der Waals surface area contributed by atoms with Crippen molar-refractivity contribution < 1.29 is 24.2 Å². The molecule has 0 radical (unpaired) electrons. The number of ether oxygens (including phenoxy) is 1. The van der Waals surface area contributed by atoms with Crippen LogP contribution in [0.2, 0.25) is 0 Å². The zero-order valence-electron chi connectivity index (χ0n) is 11.7. The number of hydrogen-bond donors (Lipinski definition) is 4. The van der Waals surface area contributed by atoms with E-state index in [-0.39, 0.29) is 17.0 Å². The molecule has 1 unspecified atom stereocenters. The lowest BCUT2D eigenvalue weighted by atomic mass is 10.1. The summed E-state index contributed by atoms with van der Waals surface area (Å²) in [5, 5.41) is 13.4. The molecule has 0 fully saturated rings. The second kappa shape index (κ2) is 7.13. The number of urea groups is 1. The van der Waals surface area contributed by atoms with Crippen LogP contribution in [0.15, 0.2) is 18.2 Å². The number of hydrogen-bond acceptors (Lipinski definition) is 5. The number of amides is 3. The van der Waals surface area contributed by atoms with Crippen molar-refractivity contribution in [1.29, 1.82) is 0 Å². The van der Waals surface area contributed by atoms with Crippen LogP contribution < -0.4 is 21.1 Å². The molecule has 8 nitrogen and oxygen atoms in total. The van der Waals surface area contributed by atoms with Crippen molar-refractivity contribution in [2.75, 3.05) is 12.3 Å². The molecule has 0 aliphatic carbocycles. The molecule has 114 valence electrons. The van der Waals surface area contributed by atoms with Gasteiger partial charge in [0.2, 0.25) is 0 Å². The van der Waals surface area contributed by atoms with Crippen molar-refractivity contribution in [3.05, 3.63) is 23.8 Å². The monoisotopic (exact) mass is 295 g/mol. The summed E-state index contributed by atoms with van der Waals surface area (Å²) in [6.45, 7) is 3.53. The number of aromatic carboxylic acids is 1. The van der Waals surface area contributed by atoms with Crippen molar-refractivity contribution in [2.24, 2.45) is 0 Å². The van der Waals surface area contributed by atoms with E-state index >= 15 is 0 Å². The number of carboxylic acid groups (broad SMARTS) is 1. The van der Waals surface area contributed by atoms with Gasteiger partial charge in [0.05, 0.1) is 5.56 Å². The largest absolute Gasteiger partial charge is 0.481 e. The Balaban J connectivity index is 2.72. The van der Waals surface area contributed by atoms with Crippen molar-refractivity contribution in [3.8, 4) is 5.75 Å². The molecule has 0 aliphatic rings. The van der Waals surface area contributed by atoms with Gasteiger partial charge in [-0.05, 0) is 32.0 Å². The maximum Gasteiger partial charge on any atom is 0.337 e. The van der Waals surface area contributed by atoms with E-state index in [1.807, 2.05) is 0 Å². The van der Waals surface area contributed by atoms with Gasteiger partial charge in [-0.25, -0.2) is 9.59 Å². The Morgan fingerprint density at radius 1 is 1.38 bits per heavy atom. The summed E-state index contributed by atoms with van der Waals surface area (Å²) in [6.07, 6.45) is -0.974. The highest BCUT2D eigenvalue weighted by molar-refractivity contribution is 5.96.